The number of hydrogen-bond donors (Lipinski definition) is 8. The van der Waals surface area contributed by atoms with Gasteiger partial charge in [-0.05, 0) is 203 Å². The van der Waals surface area contributed by atoms with E-state index in [1.165, 1.54) is 55.7 Å². The lowest BCUT2D eigenvalue weighted by atomic mass is 9.79. The number of amides is 2. The zero-order valence-corrected chi connectivity index (χ0v) is 73.7. The van der Waals surface area contributed by atoms with Crippen molar-refractivity contribution in [3.63, 3.8) is 0 Å². The van der Waals surface area contributed by atoms with Crippen LogP contribution < -0.4 is 40.4 Å². The number of carbonyl (C=O) groups excluding carboxylic acids is 5. The summed E-state index contributed by atoms with van der Waals surface area (Å²) in [6.45, 7) is 22.1. The Bertz CT molecular complexity index is 6780. The summed E-state index contributed by atoms with van der Waals surface area (Å²) in [4.78, 5) is 101. The summed E-state index contributed by atoms with van der Waals surface area (Å²) in [5, 5.41) is 47.9. The Morgan fingerprint density at radius 3 is 1.48 bits per heavy atom. The van der Waals surface area contributed by atoms with Gasteiger partial charge in [-0.1, -0.05) is 172 Å². The Balaban J connectivity index is 0.000000162. The fourth-order valence-corrected chi connectivity index (χ4v) is 16.1. The van der Waals surface area contributed by atoms with Crippen molar-refractivity contribution in [3.05, 3.63) is 275 Å². The summed E-state index contributed by atoms with van der Waals surface area (Å²) >= 11 is 0. The smallest absolute Gasteiger partial charge is 0.508 e. The average molecular weight is 1770 g/mol. The van der Waals surface area contributed by atoms with Gasteiger partial charge in [0.15, 0.2) is 28.8 Å². The second kappa shape index (κ2) is 35.7. The summed E-state index contributed by atoms with van der Waals surface area (Å²) in [6, 6.07) is 44.7. The highest BCUT2D eigenvalue weighted by molar-refractivity contribution is 6.07. The van der Waals surface area contributed by atoms with Crippen molar-refractivity contribution in [3.8, 4) is 45.8 Å². The van der Waals surface area contributed by atoms with E-state index in [1.54, 1.807) is 99.6 Å². The van der Waals surface area contributed by atoms with Gasteiger partial charge in [-0.2, -0.15) is 0 Å². The number of alkyl halides is 4. The molecule has 12 aromatic rings. The number of fused-ring (bicyclic) bond motifs is 5. The lowest BCUT2D eigenvalue weighted by Crippen LogP contribution is -2.26. The number of Topliss-reactive ketones (excluding diaryl/α,β-unsaturated/α-hetero) is 3. The Labute approximate surface area is 753 Å². The zero-order chi connectivity index (χ0) is 98.3. The molecule has 2 saturated carbocycles. The predicted octanol–water partition coefficient (Wildman–Crippen LogP) is 21.2. The molecule has 4 aromatic heterocycles. The molecule has 2 aliphatic carbocycles. The van der Waals surface area contributed by atoms with Crippen LogP contribution in [-0.2, 0) is 66.9 Å². The molecule has 129 heavy (non-hydrogen) atoms. The van der Waals surface area contributed by atoms with Crippen molar-refractivity contribution in [1.29, 1.82) is 0 Å². The topological polar surface area (TPSA) is 311 Å². The fourth-order valence-electron chi connectivity index (χ4n) is 16.1. The molecule has 1 atom stereocenters. The molecule has 8 N–H and O–H groups in total. The number of ketones is 3. The van der Waals surface area contributed by atoms with Crippen LogP contribution in [0.1, 0.15) is 245 Å². The lowest BCUT2D eigenvalue weighted by Gasteiger charge is -2.28. The number of para-hydroxylation sites is 2. The number of nitrogens with zero attached hydrogens (tertiary/aromatic N) is 2. The van der Waals surface area contributed by atoms with Crippen LogP contribution in [0.15, 0.2) is 186 Å². The third-order valence-electron chi connectivity index (χ3n) is 23.9. The van der Waals surface area contributed by atoms with Crippen LogP contribution in [0.2, 0.25) is 0 Å². The number of ether oxygens (including phenoxy) is 4. The largest absolute Gasteiger partial charge is 0.586 e. The maximum absolute atomic E-state index is 15.3. The van der Waals surface area contributed by atoms with Crippen LogP contribution in [0.5, 0.6) is 34.5 Å². The average Bonchev–Trinajstić information content (AvgIpc) is 1.72. The van der Waals surface area contributed by atoms with Crippen LogP contribution in [0, 0.1) is 12.7 Å². The summed E-state index contributed by atoms with van der Waals surface area (Å²) in [7, 11) is 0. The van der Waals surface area contributed by atoms with Gasteiger partial charge in [0.25, 0.3) is 11.8 Å². The first-order chi connectivity index (χ1) is 62.3. The highest BCUT2D eigenvalue weighted by Crippen LogP contribution is 2.55. The van der Waals surface area contributed by atoms with E-state index in [0.717, 1.165) is 58.4 Å². The Hall–Kier alpha value is -12.8. The maximum atomic E-state index is 15.3. The molecule has 678 valence electrons. The van der Waals surface area contributed by atoms with Crippen molar-refractivity contribution in [1.82, 2.24) is 19.5 Å². The first-order valence-corrected chi connectivity index (χ1v) is 42.0. The molecule has 26 heteroatoms. The van der Waals surface area contributed by atoms with Crippen molar-refractivity contribution < 1.29 is 93.5 Å². The number of aryl methyl sites for hydroxylation is 1. The fraction of sp³-hybridized carbons (Fsp3) is 0.359. The third-order valence-corrected chi connectivity index (χ3v) is 23.9. The van der Waals surface area contributed by atoms with E-state index in [9.17, 15) is 71.5 Å². The van der Waals surface area contributed by atoms with Gasteiger partial charge in [0, 0.05) is 112 Å². The number of phenols is 2. The second-order valence-electron chi connectivity index (χ2n) is 37.1. The van der Waals surface area contributed by atoms with E-state index in [4.69, 9.17) is 13.2 Å². The molecule has 2 amide bonds. The Morgan fingerprint density at radius 2 is 1.03 bits per heavy atom. The monoisotopic (exact) mass is 1770 g/mol. The Kier molecular flexibility index (Phi) is 24.0. The number of H-pyrrole nitrogens is 2. The van der Waals surface area contributed by atoms with Crippen LogP contribution in [0.25, 0.3) is 44.0 Å². The summed E-state index contributed by atoms with van der Waals surface area (Å²) in [6.07, 6.45) is -2.58. The Morgan fingerprint density at radius 1 is 0.566 bits per heavy atom. The quantitative estimate of drug-likeness (QED) is 0.0276. The number of hydrogen-bond acceptors (Lipinski definition) is 16. The number of carbonyl (C=O) groups is 5. The van der Waals surface area contributed by atoms with Crippen molar-refractivity contribution >= 4 is 73.2 Å². The molecule has 0 radical (unpaired) electrons. The number of anilines is 2. The molecule has 8 aromatic carbocycles. The van der Waals surface area contributed by atoms with Gasteiger partial charge in [0.2, 0.25) is 10.9 Å². The van der Waals surface area contributed by atoms with E-state index >= 15 is 4.39 Å². The highest BCUT2D eigenvalue weighted by Gasteiger charge is 2.54. The minimum atomic E-state index is -3.74. The number of aromatic nitrogens is 4. The van der Waals surface area contributed by atoms with E-state index in [-0.39, 0.29) is 123 Å². The normalized spacial score (nSPS) is 16.0. The molecule has 4 aliphatic rings. The number of aromatic amines is 2. The second-order valence-corrected chi connectivity index (χ2v) is 37.1. The van der Waals surface area contributed by atoms with E-state index < -0.39 is 89.5 Å². The van der Waals surface area contributed by atoms with E-state index in [0.29, 0.717) is 86.6 Å². The van der Waals surface area contributed by atoms with Gasteiger partial charge in [-0.3, -0.25) is 38.5 Å². The minimum absolute atomic E-state index is 0. The number of halogens is 5. The number of aliphatic hydroxyl groups excluding tert-OH is 2. The highest BCUT2D eigenvalue weighted by atomic mass is 19.3. The van der Waals surface area contributed by atoms with Gasteiger partial charge >= 0.3 is 12.6 Å². The number of benzene rings is 8. The molecular weight excluding hydrogens is 1660 g/mol. The van der Waals surface area contributed by atoms with Crippen LogP contribution in [-0.4, -0.2) is 94.4 Å². The molecule has 6 heterocycles. The number of rotatable bonds is 19. The number of phenolic OH excluding ortho intramolecular Hbond substituents is 2. The first kappa shape index (κ1) is 86.9. The third kappa shape index (κ3) is 20.4. The summed E-state index contributed by atoms with van der Waals surface area (Å²) in [5.74, 6) is -2.80. The van der Waals surface area contributed by atoms with Gasteiger partial charge in [-0.15, -0.1) is 17.6 Å². The number of aliphatic hydroxyl groups is 2. The summed E-state index contributed by atoms with van der Waals surface area (Å²) in [5.41, 5.74) is 3.94. The molecule has 2 fully saturated rings. The van der Waals surface area contributed by atoms with Gasteiger partial charge in [0.1, 0.15) is 40.0 Å². The van der Waals surface area contributed by atoms with Gasteiger partial charge in [-0.25, -0.2) is 4.39 Å². The van der Waals surface area contributed by atoms with Crippen LogP contribution in [0.4, 0.5) is 33.3 Å². The molecular formula is C103H111F5N6O15. The summed E-state index contributed by atoms with van der Waals surface area (Å²) < 4.78 is 136. The predicted molar refractivity (Wildman–Crippen MR) is 490 cm³/mol. The van der Waals surface area contributed by atoms with Crippen molar-refractivity contribution in [2.24, 2.45) is 0 Å². The zero-order valence-electron chi connectivity index (χ0n) is 79.7. The standard InChI is InChI=1S/C28H30F3NO5.C26H21F2NO4.2C24H28N2O3.CH4/c1-4-26(2,3)24-10-17-9-16(20(29)13-21(17)32(24)14-19(34)15-33)11-25(35)27(7-8-27)18-5-6-22-23(12-18)37-28(30,31)36-22;1-15-6-8-20(29-24(15)18-5-3-4-17(12-18)16(2)30)14-23(31)25(10-11-25)19-7-9-21-22(13-19)33-26(27,28)32-21;2*1-23(2,3)16-11-17(24(4,5)6)20(27)12-19(16)26-22(29)15-13-25-18-10-8-7-9-14(18)21(15)28;/h5-6,9-10,12-13,19,33-34H,4,7-8,11,14-15H2,1-3H3;3-9,12-13H,10-11,14H2,1-2H3;2*7-13,27H,1-6H3,(H,25,28)(H,26,29);1H4/t19-;;;;/m1..../s1/i;;4D3,5D3;;. The molecule has 0 spiro atoms. The van der Waals surface area contributed by atoms with Crippen molar-refractivity contribution in [2.75, 3.05) is 17.2 Å². The van der Waals surface area contributed by atoms with E-state index in [2.05, 4.69) is 53.4 Å². The lowest BCUT2D eigenvalue weighted by molar-refractivity contribution is -0.287. The molecule has 0 bridgehead atoms. The molecule has 0 saturated heterocycles. The minimum Gasteiger partial charge on any atom is -0.508 e. The van der Waals surface area contributed by atoms with Crippen LogP contribution in [0.3, 0.4) is 0 Å². The first-order valence-electron chi connectivity index (χ1n) is 45.0. The maximum Gasteiger partial charge on any atom is 0.586 e. The van der Waals surface area contributed by atoms with Crippen LogP contribution >= 0.6 is 0 Å². The number of nitrogens with one attached hydrogen (secondary N) is 4. The van der Waals surface area contributed by atoms with E-state index in [1.807, 2.05) is 102 Å². The molecule has 16 rings (SSSR count). The molecule has 0 unspecified atom stereocenters. The SMILES string of the molecule is C.CC(=O)c1cccc(-c2nc(CC(=O)C3(c4ccc5c(c4)OC(F)(F)O5)CC3)ccc2C)c1.CC(C)(C)c1cc(C(C)(C)C)c(NC(=O)c2c[nH]c3ccccc3c2=O)cc1O.CCC(C)(C)c1cc2cc(CC(=O)C3(c4ccc5c(c4)OC(F)(F)O5)CC3)c(F)cc2n1C[C@@H](O)CO.[2H]C([2H])([2H])C(C)(c1cc(C(C)(C)C)c(NC(=O)c2c[nH]c3ccccc3c2=O)cc1O)C([2H])([2H])[2H]. The molecule has 21 nitrogen and oxygen atoms in total. The van der Waals surface area contributed by atoms with Gasteiger partial charge < -0.3 is 64.5 Å². The number of aromatic hydroxyl groups is 2. The number of pyridine rings is 3. The van der Waals surface area contributed by atoms with Gasteiger partial charge in [0.05, 0.1) is 41.3 Å². The van der Waals surface area contributed by atoms with Crippen molar-refractivity contribution in [2.45, 2.75) is 233 Å². The molecule has 2 aliphatic heterocycles.